The van der Waals surface area contributed by atoms with Gasteiger partial charge in [0.15, 0.2) is 0 Å². The van der Waals surface area contributed by atoms with Gasteiger partial charge in [-0.25, -0.2) is 4.98 Å². The van der Waals surface area contributed by atoms with Crippen LogP contribution in [0.4, 0.5) is 5.82 Å². The zero-order valence-corrected chi connectivity index (χ0v) is 13.5. The van der Waals surface area contributed by atoms with E-state index in [0.717, 1.165) is 16.8 Å². The van der Waals surface area contributed by atoms with Gasteiger partial charge in [0.25, 0.3) is 5.91 Å². The number of H-pyrrole nitrogens is 1. The third kappa shape index (κ3) is 3.40. The second kappa shape index (κ2) is 6.91. The van der Waals surface area contributed by atoms with E-state index in [4.69, 9.17) is 0 Å². The maximum atomic E-state index is 12.0. The van der Waals surface area contributed by atoms with Crippen LogP contribution in [0.5, 0.6) is 0 Å². The van der Waals surface area contributed by atoms with Crippen molar-refractivity contribution in [3.8, 4) is 11.3 Å². The van der Waals surface area contributed by atoms with Gasteiger partial charge in [0.1, 0.15) is 5.82 Å². The standard InChI is InChI=1S/C17H18N6O/c1-23(2)17(24)12-5-7-19-15(8-12)20-10-14-11-21-22-16(14)13-4-3-6-18-9-13/h3-9,11H,10H2,1-2H3,(H,19,20)(H,21,22). The number of pyridine rings is 2. The van der Waals surface area contributed by atoms with E-state index in [-0.39, 0.29) is 5.91 Å². The van der Waals surface area contributed by atoms with Gasteiger partial charge in [-0.2, -0.15) is 5.10 Å². The molecule has 0 spiro atoms. The molecule has 0 radical (unpaired) electrons. The van der Waals surface area contributed by atoms with E-state index in [9.17, 15) is 4.79 Å². The van der Waals surface area contributed by atoms with Gasteiger partial charge in [0.05, 0.1) is 11.9 Å². The Morgan fingerprint density at radius 1 is 1.25 bits per heavy atom. The highest BCUT2D eigenvalue weighted by Gasteiger charge is 2.10. The minimum atomic E-state index is -0.0557. The number of hydrogen-bond donors (Lipinski definition) is 2. The molecule has 0 bridgehead atoms. The summed E-state index contributed by atoms with van der Waals surface area (Å²) in [5.41, 5.74) is 3.47. The molecule has 3 rings (SSSR count). The van der Waals surface area contributed by atoms with Crippen LogP contribution in [-0.4, -0.2) is 45.1 Å². The molecule has 0 aliphatic heterocycles. The minimum Gasteiger partial charge on any atom is -0.366 e. The molecule has 0 aliphatic carbocycles. The van der Waals surface area contributed by atoms with Crippen LogP contribution in [0.15, 0.2) is 49.1 Å². The van der Waals surface area contributed by atoms with Gasteiger partial charge < -0.3 is 10.2 Å². The molecule has 24 heavy (non-hydrogen) atoms. The van der Waals surface area contributed by atoms with E-state index in [1.54, 1.807) is 51.0 Å². The highest BCUT2D eigenvalue weighted by molar-refractivity contribution is 5.94. The first-order valence-electron chi connectivity index (χ1n) is 7.49. The third-order valence-electron chi connectivity index (χ3n) is 3.54. The SMILES string of the molecule is CN(C)C(=O)c1ccnc(NCc2cn[nH]c2-c2cccnc2)c1. The number of anilines is 1. The number of rotatable bonds is 5. The summed E-state index contributed by atoms with van der Waals surface area (Å²) in [5, 5.41) is 10.3. The van der Waals surface area contributed by atoms with E-state index >= 15 is 0 Å². The summed E-state index contributed by atoms with van der Waals surface area (Å²) in [4.78, 5) is 21.9. The predicted molar refractivity (Wildman–Crippen MR) is 91.4 cm³/mol. The van der Waals surface area contributed by atoms with Gasteiger partial charge in [-0.05, 0) is 24.3 Å². The topological polar surface area (TPSA) is 86.8 Å². The fourth-order valence-corrected chi connectivity index (χ4v) is 2.31. The Labute approximate surface area is 139 Å². The summed E-state index contributed by atoms with van der Waals surface area (Å²) in [5.74, 6) is 0.584. The van der Waals surface area contributed by atoms with E-state index < -0.39 is 0 Å². The number of aromatic amines is 1. The maximum absolute atomic E-state index is 12.0. The van der Waals surface area contributed by atoms with Crippen molar-refractivity contribution in [2.45, 2.75) is 6.54 Å². The zero-order valence-electron chi connectivity index (χ0n) is 13.5. The molecular formula is C17H18N6O. The fraction of sp³-hybridized carbons (Fsp3) is 0.176. The molecule has 0 atom stereocenters. The Morgan fingerprint density at radius 3 is 2.88 bits per heavy atom. The number of hydrogen-bond acceptors (Lipinski definition) is 5. The Bertz CT molecular complexity index is 828. The molecule has 2 N–H and O–H groups in total. The molecule has 3 aromatic rings. The van der Waals surface area contributed by atoms with E-state index in [1.165, 1.54) is 4.90 Å². The molecule has 0 unspecified atom stereocenters. The zero-order chi connectivity index (χ0) is 16.9. The van der Waals surface area contributed by atoms with Crippen molar-refractivity contribution in [1.29, 1.82) is 0 Å². The minimum absolute atomic E-state index is 0.0557. The first kappa shape index (κ1) is 15.7. The van der Waals surface area contributed by atoms with E-state index in [2.05, 4.69) is 25.5 Å². The monoisotopic (exact) mass is 322 g/mol. The molecule has 0 aromatic carbocycles. The smallest absolute Gasteiger partial charge is 0.253 e. The van der Waals surface area contributed by atoms with Crippen LogP contribution in [0.1, 0.15) is 15.9 Å². The summed E-state index contributed by atoms with van der Waals surface area (Å²) in [6.07, 6.45) is 6.90. The summed E-state index contributed by atoms with van der Waals surface area (Å²) in [6, 6.07) is 7.29. The molecule has 3 aromatic heterocycles. The Balaban J connectivity index is 1.75. The predicted octanol–water partition coefficient (Wildman–Crippen LogP) is 2.18. The Hall–Kier alpha value is -3.22. The molecule has 0 saturated carbocycles. The molecular weight excluding hydrogens is 304 g/mol. The van der Waals surface area contributed by atoms with Crippen LogP contribution >= 0.6 is 0 Å². The number of aromatic nitrogens is 4. The Morgan fingerprint density at radius 2 is 2.12 bits per heavy atom. The first-order chi connectivity index (χ1) is 11.6. The number of nitrogens with zero attached hydrogens (tertiary/aromatic N) is 4. The number of amides is 1. The summed E-state index contributed by atoms with van der Waals surface area (Å²) >= 11 is 0. The van der Waals surface area contributed by atoms with Crippen LogP contribution < -0.4 is 5.32 Å². The third-order valence-corrected chi connectivity index (χ3v) is 3.54. The number of carbonyl (C=O) groups excluding carboxylic acids is 1. The molecule has 3 heterocycles. The highest BCUT2D eigenvalue weighted by atomic mass is 16.2. The lowest BCUT2D eigenvalue weighted by atomic mass is 10.1. The van der Waals surface area contributed by atoms with E-state index in [0.29, 0.717) is 17.9 Å². The van der Waals surface area contributed by atoms with Crippen LogP contribution in [0, 0.1) is 0 Å². The van der Waals surface area contributed by atoms with Crippen molar-refractivity contribution in [3.63, 3.8) is 0 Å². The van der Waals surface area contributed by atoms with Gasteiger partial charge in [0.2, 0.25) is 0 Å². The summed E-state index contributed by atoms with van der Waals surface area (Å²) in [6.45, 7) is 0.535. The lowest BCUT2D eigenvalue weighted by Gasteiger charge is -2.11. The van der Waals surface area contributed by atoms with Crippen molar-refractivity contribution in [2.24, 2.45) is 0 Å². The van der Waals surface area contributed by atoms with Gasteiger partial charge >= 0.3 is 0 Å². The van der Waals surface area contributed by atoms with Crippen molar-refractivity contribution >= 4 is 11.7 Å². The van der Waals surface area contributed by atoms with Gasteiger partial charge in [-0.3, -0.25) is 14.9 Å². The summed E-state index contributed by atoms with van der Waals surface area (Å²) < 4.78 is 0. The molecule has 7 nitrogen and oxygen atoms in total. The average molecular weight is 322 g/mol. The fourth-order valence-electron chi connectivity index (χ4n) is 2.31. The second-order valence-electron chi connectivity index (χ2n) is 5.49. The summed E-state index contributed by atoms with van der Waals surface area (Å²) in [7, 11) is 3.45. The van der Waals surface area contributed by atoms with Crippen molar-refractivity contribution in [1.82, 2.24) is 25.1 Å². The van der Waals surface area contributed by atoms with Crippen molar-refractivity contribution in [3.05, 3.63) is 60.2 Å². The number of nitrogens with one attached hydrogen (secondary N) is 2. The lowest BCUT2D eigenvalue weighted by molar-refractivity contribution is 0.0827. The van der Waals surface area contributed by atoms with Crippen LogP contribution in [0.3, 0.4) is 0 Å². The lowest BCUT2D eigenvalue weighted by Crippen LogP contribution is -2.21. The van der Waals surface area contributed by atoms with Crippen LogP contribution in [0.2, 0.25) is 0 Å². The van der Waals surface area contributed by atoms with Crippen LogP contribution in [0.25, 0.3) is 11.3 Å². The molecule has 122 valence electrons. The van der Waals surface area contributed by atoms with Gasteiger partial charge in [-0.15, -0.1) is 0 Å². The quantitative estimate of drug-likeness (QED) is 0.752. The normalized spacial score (nSPS) is 10.4. The second-order valence-corrected chi connectivity index (χ2v) is 5.49. The largest absolute Gasteiger partial charge is 0.366 e. The maximum Gasteiger partial charge on any atom is 0.253 e. The Kier molecular flexibility index (Phi) is 4.51. The highest BCUT2D eigenvalue weighted by Crippen LogP contribution is 2.20. The van der Waals surface area contributed by atoms with Crippen molar-refractivity contribution in [2.75, 3.05) is 19.4 Å². The van der Waals surface area contributed by atoms with Gasteiger partial charge in [0, 0.05) is 55.9 Å². The van der Waals surface area contributed by atoms with E-state index in [1.807, 2.05) is 12.1 Å². The molecule has 7 heteroatoms. The van der Waals surface area contributed by atoms with Crippen molar-refractivity contribution < 1.29 is 4.79 Å². The first-order valence-corrected chi connectivity index (χ1v) is 7.49. The number of carbonyl (C=O) groups is 1. The average Bonchev–Trinajstić information content (AvgIpc) is 3.09. The van der Waals surface area contributed by atoms with Crippen LogP contribution in [-0.2, 0) is 6.54 Å². The molecule has 1 amide bonds. The molecule has 0 saturated heterocycles. The van der Waals surface area contributed by atoms with Gasteiger partial charge in [-0.1, -0.05) is 0 Å². The molecule has 0 aliphatic rings. The molecule has 0 fully saturated rings.